The number of halogens is 5. The maximum atomic E-state index is 11.8. The minimum absolute atomic E-state index is 0.105. The van der Waals surface area contributed by atoms with Gasteiger partial charge in [0.1, 0.15) is 0 Å². The minimum Gasteiger partial charge on any atom is -0.302 e. The highest BCUT2D eigenvalue weighted by molar-refractivity contribution is 6.36. The molecule has 0 fully saturated rings. The largest absolute Gasteiger partial charge is 0.401 e. The molecule has 0 atom stereocenters. The molecule has 0 amide bonds. The fourth-order valence-corrected chi connectivity index (χ4v) is 1.52. The maximum absolute atomic E-state index is 11.8. The fraction of sp³-hybridized carbons (Fsp3) is 0.300. The molecule has 0 aliphatic rings. The van der Waals surface area contributed by atoms with Crippen LogP contribution in [-0.4, -0.2) is 25.0 Å². The summed E-state index contributed by atoms with van der Waals surface area (Å²) >= 11 is 11.4. The van der Waals surface area contributed by atoms with E-state index in [0.717, 1.165) is 0 Å². The molecule has 1 N–H and O–H groups in total. The number of hydrogen-bond acceptors (Lipinski definition) is 2. The van der Waals surface area contributed by atoms with Crippen LogP contribution in [0, 0.1) is 0 Å². The molecule has 0 aromatic heterocycles. The number of Topliss-reactive ketones (excluding diaryl/α,β-unsaturated/α-hetero) is 1. The van der Waals surface area contributed by atoms with Crippen molar-refractivity contribution in [2.24, 2.45) is 0 Å². The smallest absolute Gasteiger partial charge is 0.302 e. The second-order valence-corrected chi connectivity index (χ2v) is 4.11. The lowest BCUT2D eigenvalue weighted by atomic mass is 10.1. The third-order valence-corrected chi connectivity index (χ3v) is 2.40. The number of ketones is 1. The van der Waals surface area contributed by atoms with Crippen LogP contribution in [-0.2, 0) is 0 Å². The minimum atomic E-state index is -4.35. The van der Waals surface area contributed by atoms with Gasteiger partial charge in [-0.05, 0) is 18.2 Å². The number of hydrogen-bond donors (Lipinski definition) is 1. The van der Waals surface area contributed by atoms with Gasteiger partial charge in [0.15, 0.2) is 5.78 Å². The Morgan fingerprint density at radius 2 is 1.94 bits per heavy atom. The molecule has 1 aromatic rings. The lowest BCUT2D eigenvalue weighted by Crippen LogP contribution is -2.32. The Kier molecular flexibility index (Phi) is 4.80. The predicted octanol–water partition coefficient (Wildman–Crippen LogP) is 3.33. The summed E-state index contributed by atoms with van der Waals surface area (Å²) in [4.78, 5) is 11.5. The van der Waals surface area contributed by atoms with Crippen LogP contribution >= 0.6 is 23.2 Å². The summed E-state index contributed by atoms with van der Waals surface area (Å²) in [5, 5.41) is 2.45. The van der Waals surface area contributed by atoms with Crippen LogP contribution in [0.4, 0.5) is 13.2 Å². The SMILES string of the molecule is O=C(CNCC(F)(F)F)c1cc(Cl)ccc1Cl. The number of alkyl halides is 3. The van der Waals surface area contributed by atoms with E-state index in [1.54, 1.807) is 0 Å². The Hall–Kier alpha value is -0.780. The van der Waals surface area contributed by atoms with Crippen LogP contribution in [0.2, 0.25) is 10.0 Å². The van der Waals surface area contributed by atoms with E-state index in [1.165, 1.54) is 18.2 Å². The van der Waals surface area contributed by atoms with Gasteiger partial charge < -0.3 is 5.32 Å². The Morgan fingerprint density at radius 3 is 2.53 bits per heavy atom. The van der Waals surface area contributed by atoms with Crippen molar-refractivity contribution in [2.45, 2.75) is 6.18 Å². The molecule has 94 valence electrons. The van der Waals surface area contributed by atoms with Crippen molar-refractivity contribution in [3.05, 3.63) is 33.8 Å². The maximum Gasteiger partial charge on any atom is 0.401 e. The second kappa shape index (κ2) is 5.71. The van der Waals surface area contributed by atoms with E-state index in [-0.39, 0.29) is 10.6 Å². The van der Waals surface area contributed by atoms with Crippen molar-refractivity contribution in [2.75, 3.05) is 13.1 Å². The van der Waals surface area contributed by atoms with E-state index in [9.17, 15) is 18.0 Å². The molecule has 0 aliphatic carbocycles. The molecule has 17 heavy (non-hydrogen) atoms. The van der Waals surface area contributed by atoms with Crippen molar-refractivity contribution in [3.8, 4) is 0 Å². The third-order valence-electron chi connectivity index (χ3n) is 1.84. The van der Waals surface area contributed by atoms with Crippen LogP contribution in [0.25, 0.3) is 0 Å². The first-order chi connectivity index (χ1) is 7.79. The molecule has 0 bridgehead atoms. The molecule has 1 rings (SSSR count). The van der Waals surface area contributed by atoms with Crippen LogP contribution < -0.4 is 5.32 Å². The molecule has 7 heteroatoms. The lowest BCUT2D eigenvalue weighted by molar-refractivity contribution is -0.124. The average Bonchev–Trinajstić information content (AvgIpc) is 2.19. The summed E-state index contributed by atoms with van der Waals surface area (Å²) in [5.74, 6) is -0.540. The molecule has 2 nitrogen and oxygen atoms in total. The van der Waals surface area contributed by atoms with Crippen LogP contribution in [0.5, 0.6) is 0 Å². The van der Waals surface area contributed by atoms with Crippen molar-refractivity contribution in [3.63, 3.8) is 0 Å². The first-order valence-electron chi connectivity index (χ1n) is 4.55. The highest BCUT2D eigenvalue weighted by Crippen LogP contribution is 2.21. The zero-order chi connectivity index (χ0) is 13.1. The summed E-state index contributed by atoms with van der Waals surface area (Å²) in [6, 6.07) is 4.23. The van der Waals surface area contributed by atoms with Gasteiger partial charge in [0.25, 0.3) is 0 Å². The van der Waals surface area contributed by atoms with Gasteiger partial charge in [-0.15, -0.1) is 0 Å². The van der Waals surface area contributed by atoms with Gasteiger partial charge in [-0.2, -0.15) is 13.2 Å². The number of nitrogens with one attached hydrogen (secondary N) is 1. The quantitative estimate of drug-likeness (QED) is 0.860. The first kappa shape index (κ1) is 14.3. The van der Waals surface area contributed by atoms with Crippen LogP contribution in [0.3, 0.4) is 0 Å². The molecule has 0 unspecified atom stereocenters. The third kappa shape index (κ3) is 4.93. The zero-order valence-corrected chi connectivity index (χ0v) is 9.96. The van der Waals surface area contributed by atoms with E-state index >= 15 is 0 Å². The lowest BCUT2D eigenvalue weighted by Gasteiger charge is -2.08. The number of benzene rings is 1. The van der Waals surface area contributed by atoms with E-state index in [2.05, 4.69) is 0 Å². The molecular weight excluding hydrogens is 278 g/mol. The normalized spacial score (nSPS) is 11.6. The Bertz CT molecular complexity index is 421. The molecule has 0 aliphatic heterocycles. The topological polar surface area (TPSA) is 29.1 Å². The van der Waals surface area contributed by atoms with E-state index < -0.39 is 25.0 Å². The number of carbonyl (C=O) groups excluding carboxylic acids is 1. The second-order valence-electron chi connectivity index (χ2n) is 3.27. The van der Waals surface area contributed by atoms with E-state index in [1.807, 2.05) is 5.32 Å². The molecular formula is C10H8Cl2F3NO. The molecule has 0 heterocycles. The van der Waals surface area contributed by atoms with Crippen LogP contribution in [0.1, 0.15) is 10.4 Å². The van der Waals surface area contributed by atoms with Gasteiger partial charge in [-0.3, -0.25) is 4.79 Å². The monoisotopic (exact) mass is 285 g/mol. The number of rotatable bonds is 4. The Labute approximate surface area is 106 Å². The standard InChI is InChI=1S/C10H8Cl2F3NO/c11-6-1-2-8(12)7(3-6)9(17)4-16-5-10(13,14)15/h1-3,16H,4-5H2. The Balaban J connectivity index is 2.61. The van der Waals surface area contributed by atoms with Gasteiger partial charge in [-0.25, -0.2) is 0 Å². The van der Waals surface area contributed by atoms with Gasteiger partial charge in [0.05, 0.1) is 18.1 Å². The van der Waals surface area contributed by atoms with Gasteiger partial charge >= 0.3 is 6.18 Å². The molecule has 0 spiro atoms. The number of carbonyl (C=O) groups is 1. The molecule has 0 saturated heterocycles. The highest BCUT2D eigenvalue weighted by Gasteiger charge is 2.26. The predicted molar refractivity (Wildman–Crippen MR) is 59.7 cm³/mol. The van der Waals surface area contributed by atoms with Crippen molar-refractivity contribution >= 4 is 29.0 Å². The highest BCUT2D eigenvalue weighted by atomic mass is 35.5. The summed E-state index contributed by atoms with van der Waals surface area (Å²) in [7, 11) is 0. The molecule has 0 saturated carbocycles. The average molecular weight is 286 g/mol. The summed E-state index contributed by atoms with van der Waals surface area (Å²) in [6.07, 6.45) is -4.35. The van der Waals surface area contributed by atoms with E-state index in [0.29, 0.717) is 5.02 Å². The van der Waals surface area contributed by atoms with Gasteiger partial charge in [-0.1, -0.05) is 23.2 Å². The fourth-order valence-electron chi connectivity index (χ4n) is 1.12. The summed E-state index contributed by atoms with van der Waals surface area (Å²) in [6.45, 7) is -1.67. The van der Waals surface area contributed by atoms with Crippen molar-refractivity contribution in [1.29, 1.82) is 0 Å². The first-order valence-corrected chi connectivity index (χ1v) is 5.31. The van der Waals surface area contributed by atoms with Crippen LogP contribution in [0.15, 0.2) is 18.2 Å². The Morgan fingerprint density at radius 1 is 1.29 bits per heavy atom. The zero-order valence-electron chi connectivity index (χ0n) is 8.44. The van der Waals surface area contributed by atoms with Crippen molar-refractivity contribution in [1.82, 2.24) is 5.32 Å². The van der Waals surface area contributed by atoms with Gasteiger partial charge in [0, 0.05) is 10.6 Å². The van der Waals surface area contributed by atoms with Crippen molar-refractivity contribution < 1.29 is 18.0 Å². The molecule has 0 radical (unpaired) electrons. The summed E-state index contributed by atoms with van der Waals surface area (Å²) < 4.78 is 35.5. The molecule has 1 aromatic carbocycles. The van der Waals surface area contributed by atoms with E-state index in [4.69, 9.17) is 23.2 Å². The van der Waals surface area contributed by atoms with Gasteiger partial charge in [0.2, 0.25) is 0 Å². The summed E-state index contributed by atoms with van der Waals surface area (Å²) in [5.41, 5.74) is 0.105.